The molecule has 1 atom stereocenters. The Kier molecular flexibility index (Phi) is 5.12. The number of nitrogens with one attached hydrogen (secondary N) is 1. The van der Waals surface area contributed by atoms with Gasteiger partial charge >= 0.3 is 0 Å². The highest BCUT2D eigenvalue weighted by Gasteiger charge is 2.24. The zero-order valence-corrected chi connectivity index (χ0v) is 14.9. The third-order valence-corrected chi connectivity index (χ3v) is 4.66. The predicted octanol–water partition coefficient (Wildman–Crippen LogP) is 3.48. The molecular formula is C20H24N2O3. The lowest BCUT2D eigenvalue weighted by Gasteiger charge is -2.36. The fourth-order valence-corrected chi connectivity index (χ4v) is 3.26. The Morgan fingerprint density at radius 3 is 2.76 bits per heavy atom. The van der Waals surface area contributed by atoms with E-state index < -0.39 is 0 Å². The number of para-hydroxylation sites is 1. The highest BCUT2D eigenvalue weighted by atomic mass is 16.5. The molecule has 0 bridgehead atoms. The number of carbonyl (C=O) groups excluding carboxylic acids is 1. The lowest BCUT2D eigenvalue weighted by molar-refractivity contribution is -0.115. The van der Waals surface area contributed by atoms with Crippen molar-refractivity contribution in [2.24, 2.45) is 0 Å². The Hall–Kier alpha value is -2.69. The van der Waals surface area contributed by atoms with Crippen LogP contribution >= 0.6 is 0 Å². The molecule has 5 nitrogen and oxygen atoms in total. The van der Waals surface area contributed by atoms with Gasteiger partial charge in [0, 0.05) is 17.8 Å². The van der Waals surface area contributed by atoms with Crippen molar-refractivity contribution in [1.82, 2.24) is 0 Å². The van der Waals surface area contributed by atoms with Gasteiger partial charge in [0.2, 0.25) is 5.91 Å². The number of nitrogens with zero attached hydrogens (tertiary/aromatic N) is 1. The second-order valence-corrected chi connectivity index (χ2v) is 6.26. The Morgan fingerprint density at radius 1 is 1.20 bits per heavy atom. The first-order valence-corrected chi connectivity index (χ1v) is 8.48. The molecule has 0 aromatic heterocycles. The van der Waals surface area contributed by atoms with Crippen LogP contribution in [0.25, 0.3) is 0 Å². The average Bonchev–Trinajstić information content (AvgIpc) is 2.64. The topological polar surface area (TPSA) is 50.8 Å². The van der Waals surface area contributed by atoms with Crippen molar-refractivity contribution < 1.29 is 14.3 Å². The maximum absolute atomic E-state index is 12.7. The Balaban J connectivity index is 1.77. The number of aryl methyl sites for hydroxylation is 1. The first kappa shape index (κ1) is 17.1. The summed E-state index contributed by atoms with van der Waals surface area (Å²) in [4.78, 5) is 14.8. The number of amides is 1. The number of carbonyl (C=O) groups is 1. The van der Waals surface area contributed by atoms with E-state index in [1.54, 1.807) is 32.4 Å². The smallest absolute Gasteiger partial charge is 0.244 e. The Labute approximate surface area is 148 Å². The van der Waals surface area contributed by atoms with E-state index in [0.29, 0.717) is 29.8 Å². The van der Waals surface area contributed by atoms with Gasteiger partial charge in [0.1, 0.15) is 11.5 Å². The fourth-order valence-electron chi connectivity index (χ4n) is 3.26. The number of fused-ring (bicyclic) bond motifs is 1. The molecule has 2 aromatic rings. The van der Waals surface area contributed by atoms with Gasteiger partial charge in [0.15, 0.2) is 0 Å². The summed E-state index contributed by atoms with van der Waals surface area (Å²) >= 11 is 0. The fraction of sp³-hybridized carbons (Fsp3) is 0.350. The summed E-state index contributed by atoms with van der Waals surface area (Å²) in [6, 6.07) is 14.0. The molecule has 3 rings (SSSR count). The number of ether oxygens (including phenoxy) is 2. The minimum atomic E-state index is -0.0740. The van der Waals surface area contributed by atoms with Crippen LogP contribution in [0.4, 0.5) is 11.4 Å². The molecule has 132 valence electrons. The maximum atomic E-state index is 12.7. The average molecular weight is 340 g/mol. The maximum Gasteiger partial charge on any atom is 0.244 e. The van der Waals surface area contributed by atoms with Crippen molar-refractivity contribution >= 4 is 17.3 Å². The van der Waals surface area contributed by atoms with E-state index in [-0.39, 0.29) is 5.91 Å². The standard InChI is InChI=1S/C20H24N2O3/c1-14-8-9-15-6-4-5-7-18(15)22(14)13-20(23)21-17-12-16(24-2)10-11-19(17)25-3/h4-7,10-12,14H,8-9,13H2,1-3H3,(H,21,23). The first-order valence-electron chi connectivity index (χ1n) is 8.48. The lowest BCUT2D eigenvalue weighted by atomic mass is 9.96. The summed E-state index contributed by atoms with van der Waals surface area (Å²) in [5.74, 6) is 1.21. The molecule has 1 unspecified atom stereocenters. The molecule has 0 saturated carbocycles. The molecule has 1 N–H and O–H groups in total. The lowest BCUT2D eigenvalue weighted by Crippen LogP contribution is -2.42. The summed E-state index contributed by atoms with van der Waals surface area (Å²) in [6.07, 6.45) is 2.10. The van der Waals surface area contributed by atoms with E-state index in [1.165, 1.54) is 5.56 Å². The van der Waals surface area contributed by atoms with E-state index in [4.69, 9.17) is 9.47 Å². The largest absolute Gasteiger partial charge is 0.497 e. The molecular weight excluding hydrogens is 316 g/mol. The van der Waals surface area contributed by atoms with Crippen LogP contribution in [0.1, 0.15) is 18.9 Å². The highest BCUT2D eigenvalue weighted by Crippen LogP contribution is 2.31. The summed E-state index contributed by atoms with van der Waals surface area (Å²) in [5.41, 5.74) is 3.06. The van der Waals surface area contributed by atoms with Gasteiger partial charge in [0.05, 0.1) is 26.5 Å². The van der Waals surface area contributed by atoms with E-state index in [0.717, 1.165) is 18.5 Å². The molecule has 0 radical (unpaired) electrons. The minimum absolute atomic E-state index is 0.0740. The van der Waals surface area contributed by atoms with Gasteiger partial charge in [-0.05, 0) is 43.5 Å². The van der Waals surface area contributed by atoms with Gasteiger partial charge in [-0.3, -0.25) is 4.79 Å². The van der Waals surface area contributed by atoms with E-state index >= 15 is 0 Å². The molecule has 0 spiro atoms. The zero-order valence-electron chi connectivity index (χ0n) is 14.9. The first-order chi connectivity index (χ1) is 12.1. The second-order valence-electron chi connectivity index (χ2n) is 6.26. The van der Waals surface area contributed by atoms with Crippen molar-refractivity contribution in [3.05, 3.63) is 48.0 Å². The molecule has 5 heteroatoms. The van der Waals surface area contributed by atoms with Crippen molar-refractivity contribution in [3.63, 3.8) is 0 Å². The third-order valence-electron chi connectivity index (χ3n) is 4.66. The van der Waals surface area contributed by atoms with Gasteiger partial charge in [-0.25, -0.2) is 0 Å². The Bertz CT molecular complexity index is 760. The number of anilines is 2. The van der Waals surface area contributed by atoms with Gasteiger partial charge in [0.25, 0.3) is 0 Å². The molecule has 1 heterocycles. The molecule has 1 aliphatic heterocycles. The monoisotopic (exact) mass is 340 g/mol. The third kappa shape index (κ3) is 3.71. The van der Waals surface area contributed by atoms with E-state index in [1.807, 2.05) is 12.1 Å². The molecule has 0 fully saturated rings. The number of hydrogen-bond acceptors (Lipinski definition) is 4. The molecule has 0 saturated heterocycles. The molecule has 1 aliphatic rings. The number of benzene rings is 2. The summed E-state index contributed by atoms with van der Waals surface area (Å²) in [7, 11) is 3.18. The zero-order chi connectivity index (χ0) is 17.8. The number of hydrogen-bond donors (Lipinski definition) is 1. The number of rotatable bonds is 5. The quantitative estimate of drug-likeness (QED) is 0.905. The summed E-state index contributed by atoms with van der Waals surface area (Å²) in [5, 5.41) is 2.95. The predicted molar refractivity (Wildman–Crippen MR) is 99.7 cm³/mol. The van der Waals surface area contributed by atoms with E-state index in [9.17, 15) is 4.79 Å². The van der Waals surface area contributed by atoms with Crippen LogP contribution < -0.4 is 19.7 Å². The van der Waals surface area contributed by atoms with Crippen LogP contribution in [-0.2, 0) is 11.2 Å². The molecule has 0 aliphatic carbocycles. The van der Waals surface area contributed by atoms with Crippen molar-refractivity contribution in [2.45, 2.75) is 25.8 Å². The van der Waals surface area contributed by atoms with Crippen LogP contribution in [0.5, 0.6) is 11.5 Å². The van der Waals surface area contributed by atoms with Gasteiger partial charge in [-0.1, -0.05) is 18.2 Å². The molecule has 25 heavy (non-hydrogen) atoms. The van der Waals surface area contributed by atoms with Gasteiger partial charge < -0.3 is 19.7 Å². The number of methoxy groups -OCH3 is 2. The highest BCUT2D eigenvalue weighted by molar-refractivity contribution is 5.95. The van der Waals surface area contributed by atoms with E-state index in [2.05, 4.69) is 29.3 Å². The summed E-state index contributed by atoms with van der Waals surface area (Å²) in [6.45, 7) is 2.47. The van der Waals surface area contributed by atoms with Crippen molar-refractivity contribution in [3.8, 4) is 11.5 Å². The van der Waals surface area contributed by atoms with Crippen LogP contribution in [0.15, 0.2) is 42.5 Å². The van der Waals surface area contributed by atoms with Gasteiger partial charge in [-0.15, -0.1) is 0 Å². The van der Waals surface area contributed by atoms with Crippen LogP contribution in [-0.4, -0.2) is 32.7 Å². The second kappa shape index (κ2) is 7.47. The normalized spacial score (nSPS) is 16.1. The molecule has 1 amide bonds. The van der Waals surface area contributed by atoms with Crippen molar-refractivity contribution in [2.75, 3.05) is 31.0 Å². The van der Waals surface area contributed by atoms with Crippen LogP contribution in [0.3, 0.4) is 0 Å². The molecule has 2 aromatic carbocycles. The minimum Gasteiger partial charge on any atom is -0.497 e. The van der Waals surface area contributed by atoms with Crippen molar-refractivity contribution in [1.29, 1.82) is 0 Å². The van der Waals surface area contributed by atoms with Crippen LogP contribution in [0, 0.1) is 0 Å². The SMILES string of the molecule is COc1ccc(OC)c(NC(=O)CN2c3ccccc3CCC2C)c1. The summed E-state index contributed by atoms with van der Waals surface area (Å²) < 4.78 is 10.6. The van der Waals surface area contributed by atoms with Gasteiger partial charge in [-0.2, -0.15) is 0 Å². The van der Waals surface area contributed by atoms with Crippen LogP contribution in [0.2, 0.25) is 0 Å². The Morgan fingerprint density at radius 2 is 2.00 bits per heavy atom.